The summed E-state index contributed by atoms with van der Waals surface area (Å²) in [4.78, 5) is 24.1. The molecule has 0 fully saturated rings. The van der Waals surface area contributed by atoms with E-state index in [9.17, 15) is 14.0 Å². The second-order valence-corrected chi connectivity index (χ2v) is 5.64. The van der Waals surface area contributed by atoms with Gasteiger partial charge in [0.15, 0.2) is 0 Å². The quantitative estimate of drug-likeness (QED) is 0.796. The Hall–Kier alpha value is -3.28. The number of nitrogens with one attached hydrogen (secondary N) is 1. The molecule has 5 nitrogen and oxygen atoms in total. The Morgan fingerprint density at radius 2 is 1.88 bits per heavy atom. The van der Waals surface area contributed by atoms with Gasteiger partial charge in [-0.05, 0) is 31.2 Å². The number of hydrogen-bond donors (Lipinski definition) is 1. The molecule has 6 heteroatoms. The molecule has 0 spiro atoms. The summed E-state index contributed by atoms with van der Waals surface area (Å²) in [6.45, 7) is 1.73. The Kier molecular flexibility index (Phi) is 4.70. The molecule has 126 valence electrons. The fourth-order valence-corrected chi connectivity index (χ4v) is 2.34. The fraction of sp³-hybridized carbons (Fsp3) is 0.105. The van der Waals surface area contributed by atoms with Gasteiger partial charge in [-0.2, -0.15) is 5.10 Å². The minimum atomic E-state index is -0.457. The smallest absolute Gasteiger partial charge is 0.267 e. The molecule has 0 radical (unpaired) electrons. The van der Waals surface area contributed by atoms with Gasteiger partial charge in [-0.25, -0.2) is 9.07 Å². The molecular formula is C19H16FN3O2. The van der Waals surface area contributed by atoms with Gasteiger partial charge in [0, 0.05) is 17.3 Å². The minimum Gasteiger partial charge on any atom is -0.324 e. The largest absolute Gasteiger partial charge is 0.324 e. The zero-order chi connectivity index (χ0) is 17.8. The van der Waals surface area contributed by atoms with E-state index in [1.165, 1.54) is 24.3 Å². The van der Waals surface area contributed by atoms with E-state index in [1.807, 2.05) is 31.2 Å². The van der Waals surface area contributed by atoms with Crippen LogP contribution in [0.4, 0.5) is 10.1 Å². The average molecular weight is 337 g/mol. The molecule has 3 rings (SSSR count). The Morgan fingerprint density at radius 1 is 1.12 bits per heavy atom. The zero-order valence-electron chi connectivity index (χ0n) is 13.6. The van der Waals surface area contributed by atoms with E-state index in [0.717, 1.165) is 15.8 Å². The Bertz CT molecular complexity index is 965. The van der Waals surface area contributed by atoms with Gasteiger partial charge in [0.2, 0.25) is 5.91 Å². The molecule has 0 saturated carbocycles. The normalized spacial score (nSPS) is 10.5. The maximum Gasteiger partial charge on any atom is 0.267 e. The number of carbonyl (C=O) groups is 1. The van der Waals surface area contributed by atoms with Crippen molar-refractivity contribution in [3.05, 3.63) is 82.4 Å². The van der Waals surface area contributed by atoms with Gasteiger partial charge in [0.05, 0.1) is 5.69 Å². The summed E-state index contributed by atoms with van der Waals surface area (Å²) in [7, 11) is 0. The van der Waals surface area contributed by atoms with E-state index in [-0.39, 0.29) is 12.1 Å². The van der Waals surface area contributed by atoms with Crippen LogP contribution in [0, 0.1) is 12.7 Å². The summed E-state index contributed by atoms with van der Waals surface area (Å²) in [6.07, 6.45) is 0. The minimum absolute atomic E-state index is 0.255. The first-order chi connectivity index (χ1) is 12.0. The van der Waals surface area contributed by atoms with Crippen molar-refractivity contribution in [2.75, 3.05) is 5.32 Å². The Labute approximate surface area is 143 Å². The number of carbonyl (C=O) groups excluding carboxylic acids is 1. The van der Waals surface area contributed by atoms with Gasteiger partial charge in [0.25, 0.3) is 5.56 Å². The summed E-state index contributed by atoms with van der Waals surface area (Å²) in [5.41, 5.74) is 2.51. The van der Waals surface area contributed by atoms with Gasteiger partial charge < -0.3 is 5.32 Å². The van der Waals surface area contributed by atoms with Gasteiger partial charge in [-0.3, -0.25) is 9.59 Å². The van der Waals surface area contributed by atoms with Crippen LogP contribution in [0.25, 0.3) is 11.3 Å². The second kappa shape index (κ2) is 7.09. The van der Waals surface area contributed by atoms with Crippen LogP contribution in [-0.4, -0.2) is 15.7 Å². The van der Waals surface area contributed by atoms with Crippen LogP contribution in [0.15, 0.2) is 65.5 Å². The standard InChI is InChI=1S/C19H16FN3O2/c1-13-5-7-14(8-6-13)17-9-10-19(25)23(22-17)12-18(24)21-16-4-2-3-15(20)11-16/h2-11H,12H2,1H3,(H,21,24). The Balaban J connectivity index is 1.80. The van der Waals surface area contributed by atoms with Crippen LogP contribution in [0.5, 0.6) is 0 Å². The highest BCUT2D eigenvalue weighted by Gasteiger charge is 2.09. The summed E-state index contributed by atoms with van der Waals surface area (Å²) in [5, 5.41) is 6.79. The third-order valence-electron chi connectivity index (χ3n) is 3.62. The molecule has 0 unspecified atom stereocenters. The van der Waals surface area contributed by atoms with Crippen molar-refractivity contribution in [3.8, 4) is 11.3 Å². The lowest BCUT2D eigenvalue weighted by atomic mass is 10.1. The number of aromatic nitrogens is 2. The van der Waals surface area contributed by atoms with Crippen molar-refractivity contribution >= 4 is 11.6 Å². The van der Waals surface area contributed by atoms with Crippen LogP contribution >= 0.6 is 0 Å². The lowest BCUT2D eigenvalue weighted by Crippen LogP contribution is -2.29. The number of halogens is 1. The van der Waals surface area contributed by atoms with Crippen molar-refractivity contribution < 1.29 is 9.18 Å². The number of rotatable bonds is 4. The highest BCUT2D eigenvalue weighted by atomic mass is 19.1. The van der Waals surface area contributed by atoms with Crippen molar-refractivity contribution in [1.29, 1.82) is 0 Å². The number of benzene rings is 2. The predicted molar refractivity (Wildman–Crippen MR) is 93.7 cm³/mol. The first-order valence-corrected chi connectivity index (χ1v) is 7.72. The van der Waals surface area contributed by atoms with Crippen molar-refractivity contribution in [2.45, 2.75) is 13.5 Å². The molecule has 0 atom stereocenters. The summed E-state index contributed by atoms with van der Waals surface area (Å²) in [5.74, 6) is -0.907. The third kappa shape index (κ3) is 4.17. The van der Waals surface area contributed by atoms with E-state index >= 15 is 0 Å². The van der Waals surface area contributed by atoms with E-state index in [0.29, 0.717) is 11.4 Å². The van der Waals surface area contributed by atoms with Crippen LogP contribution < -0.4 is 10.9 Å². The number of nitrogens with zero attached hydrogens (tertiary/aromatic N) is 2. The molecule has 0 bridgehead atoms. The highest BCUT2D eigenvalue weighted by molar-refractivity contribution is 5.90. The molecule has 0 saturated heterocycles. The molecule has 1 aromatic heterocycles. The first kappa shape index (κ1) is 16.6. The van der Waals surface area contributed by atoms with Gasteiger partial charge in [-0.1, -0.05) is 35.9 Å². The Morgan fingerprint density at radius 3 is 2.60 bits per heavy atom. The van der Waals surface area contributed by atoms with Crippen molar-refractivity contribution in [3.63, 3.8) is 0 Å². The van der Waals surface area contributed by atoms with E-state index in [2.05, 4.69) is 10.4 Å². The van der Waals surface area contributed by atoms with Crippen LogP contribution in [0.2, 0.25) is 0 Å². The number of amides is 1. The maximum atomic E-state index is 13.2. The monoisotopic (exact) mass is 337 g/mol. The molecule has 25 heavy (non-hydrogen) atoms. The molecule has 3 aromatic rings. The number of anilines is 1. The average Bonchev–Trinajstić information content (AvgIpc) is 2.57. The molecular weight excluding hydrogens is 321 g/mol. The molecule has 0 aliphatic carbocycles. The van der Waals surface area contributed by atoms with Gasteiger partial charge >= 0.3 is 0 Å². The topological polar surface area (TPSA) is 64.0 Å². The number of aryl methyl sites for hydroxylation is 1. The molecule has 0 aliphatic heterocycles. The lowest BCUT2D eigenvalue weighted by molar-refractivity contribution is -0.117. The van der Waals surface area contributed by atoms with Crippen molar-refractivity contribution in [1.82, 2.24) is 9.78 Å². The van der Waals surface area contributed by atoms with E-state index in [1.54, 1.807) is 12.1 Å². The van der Waals surface area contributed by atoms with Crippen LogP contribution in [-0.2, 0) is 11.3 Å². The summed E-state index contributed by atoms with van der Waals surface area (Å²) >= 11 is 0. The molecule has 0 aliphatic rings. The second-order valence-electron chi connectivity index (χ2n) is 5.64. The predicted octanol–water partition coefficient (Wildman–Crippen LogP) is 3.00. The molecule has 1 heterocycles. The zero-order valence-corrected chi connectivity index (χ0v) is 13.6. The third-order valence-corrected chi connectivity index (χ3v) is 3.62. The van der Waals surface area contributed by atoms with Gasteiger partial charge in [-0.15, -0.1) is 0 Å². The summed E-state index contributed by atoms with van der Waals surface area (Å²) < 4.78 is 14.2. The SMILES string of the molecule is Cc1ccc(-c2ccc(=O)n(CC(=O)Nc3cccc(F)c3)n2)cc1. The fourth-order valence-electron chi connectivity index (χ4n) is 2.34. The number of hydrogen-bond acceptors (Lipinski definition) is 3. The van der Waals surface area contributed by atoms with Crippen LogP contribution in [0.3, 0.4) is 0 Å². The lowest BCUT2D eigenvalue weighted by Gasteiger charge is -2.08. The molecule has 1 amide bonds. The highest BCUT2D eigenvalue weighted by Crippen LogP contribution is 2.16. The molecule has 1 N–H and O–H groups in total. The van der Waals surface area contributed by atoms with E-state index in [4.69, 9.17) is 0 Å². The maximum absolute atomic E-state index is 13.2. The van der Waals surface area contributed by atoms with Crippen LogP contribution in [0.1, 0.15) is 5.56 Å². The summed E-state index contributed by atoms with van der Waals surface area (Å²) in [6, 6.07) is 16.2. The first-order valence-electron chi connectivity index (χ1n) is 7.72. The van der Waals surface area contributed by atoms with Gasteiger partial charge in [0.1, 0.15) is 12.4 Å². The van der Waals surface area contributed by atoms with E-state index < -0.39 is 11.7 Å². The molecule has 2 aromatic carbocycles. The van der Waals surface area contributed by atoms with Crippen molar-refractivity contribution in [2.24, 2.45) is 0 Å².